The van der Waals surface area contributed by atoms with Crippen molar-refractivity contribution in [2.45, 2.75) is 0 Å². The van der Waals surface area contributed by atoms with Gasteiger partial charge in [0, 0.05) is 36.0 Å². The highest BCUT2D eigenvalue weighted by Gasteiger charge is 2.20. The number of halogens is 1. The fourth-order valence-electron chi connectivity index (χ4n) is 3.45. The van der Waals surface area contributed by atoms with Crippen molar-refractivity contribution >= 4 is 50.7 Å². The van der Waals surface area contributed by atoms with E-state index < -0.39 is 10.8 Å². The molecule has 4 heterocycles. The normalized spacial score (nSPS) is 11.0. The van der Waals surface area contributed by atoms with Crippen LogP contribution in [0.1, 0.15) is 9.67 Å². The van der Waals surface area contributed by atoms with Gasteiger partial charge in [-0.25, -0.2) is 19.6 Å². The van der Waals surface area contributed by atoms with Crippen LogP contribution in [-0.2, 0) is 4.74 Å². The molecule has 0 fully saturated rings. The molecule has 0 aliphatic rings. The first-order valence-corrected chi connectivity index (χ1v) is 12.3. The van der Waals surface area contributed by atoms with E-state index in [0.717, 1.165) is 11.3 Å². The number of nitrogens with one attached hydrogen (secondary N) is 1. The zero-order valence-electron chi connectivity index (χ0n) is 19.7. The molecular formula is C24H18ClN7O5S. The number of amides is 1. The number of fused-ring (bicyclic) bond motifs is 1. The molecule has 0 saturated carbocycles. The van der Waals surface area contributed by atoms with E-state index in [2.05, 4.69) is 20.4 Å². The molecule has 4 aromatic heterocycles. The number of nitrogens with zero attached hydrogens (tertiary/aromatic N) is 6. The second-order valence-corrected chi connectivity index (χ2v) is 9.24. The van der Waals surface area contributed by atoms with E-state index >= 15 is 0 Å². The van der Waals surface area contributed by atoms with E-state index in [0.29, 0.717) is 46.4 Å². The second-order valence-electron chi connectivity index (χ2n) is 7.74. The Labute approximate surface area is 224 Å². The number of nitro groups is 1. The van der Waals surface area contributed by atoms with Gasteiger partial charge in [0.25, 0.3) is 5.91 Å². The zero-order chi connectivity index (χ0) is 26.6. The summed E-state index contributed by atoms with van der Waals surface area (Å²) in [5.41, 5.74) is 1.68. The maximum absolute atomic E-state index is 13.0. The summed E-state index contributed by atoms with van der Waals surface area (Å²) in [6, 6.07) is 13.1. The van der Waals surface area contributed by atoms with Crippen molar-refractivity contribution in [1.82, 2.24) is 24.7 Å². The maximum atomic E-state index is 13.0. The Bertz CT molecular complexity index is 1620. The number of carbonyl (C=O) groups excluding carboxylic acids is 1. The monoisotopic (exact) mass is 551 g/mol. The summed E-state index contributed by atoms with van der Waals surface area (Å²) in [6.45, 7) is 0.775. The van der Waals surface area contributed by atoms with Crippen molar-refractivity contribution < 1.29 is 19.2 Å². The zero-order valence-corrected chi connectivity index (χ0v) is 21.3. The Balaban J connectivity index is 1.55. The topological polar surface area (TPSA) is 147 Å². The van der Waals surface area contributed by atoms with Crippen molar-refractivity contribution in [3.8, 4) is 23.0 Å². The number of rotatable bonds is 9. The van der Waals surface area contributed by atoms with Crippen LogP contribution in [0.4, 0.5) is 10.8 Å². The predicted molar refractivity (Wildman–Crippen MR) is 141 cm³/mol. The highest BCUT2D eigenvalue weighted by molar-refractivity contribution is 7.17. The lowest BCUT2D eigenvalue weighted by molar-refractivity contribution is -0.380. The number of hydrogen-bond donors (Lipinski definition) is 1. The second kappa shape index (κ2) is 10.9. The summed E-state index contributed by atoms with van der Waals surface area (Å²) >= 11 is 6.81. The average Bonchev–Trinajstić information content (AvgIpc) is 3.58. The first kappa shape index (κ1) is 25.2. The molecule has 1 aromatic carbocycles. The Morgan fingerprint density at radius 2 is 1.92 bits per heavy atom. The van der Waals surface area contributed by atoms with Gasteiger partial charge in [-0.1, -0.05) is 22.9 Å². The predicted octanol–water partition coefficient (Wildman–Crippen LogP) is 4.78. The number of hydrogen-bond acceptors (Lipinski definition) is 10. The van der Waals surface area contributed by atoms with Crippen molar-refractivity contribution in [3.63, 3.8) is 0 Å². The van der Waals surface area contributed by atoms with Crippen LogP contribution >= 0.6 is 22.9 Å². The van der Waals surface area contributed by atoms with Gasteiger partial charge in [0.05, 0.1) is 33.7 Å². The molecule has 0 radical (unpaired) electrons. The molecule has 12 nitrogen and oxygen atoms in total. The third kappa shape index (κ3) is 5.29. The highest BCUT2D eigenvalue weighted by atomic mass is 35.5. The SMILES string of the molecule is COCCOc1ccc(-c2nc(NC(=O)c3ccc([N+](=O)[O-])s3)c3cnn(-c4ccc(Cl)cc4)c3n2)cn1. The molecule has 14 heteroatoms. The standard InChI is InChI=1S/C24H18ClN7O5S/c1-36-10-11-37-19-8-2-14(12-26-19)21-28-22(30-24(33)18-7-9-20(38-18)32(34)35)17-13-27-31(23(17)29-21)16-5-3-15(25)4-6-16/h2-9,12-13H,10-11H2,1H3,(H,28,29,30,33). The van der Waals surface area contributed by atoms with E-state index in [1.165, 1.54) is 18.3 Å². The number of benzene rings is 1. The molecule has 1 amide bonds. The largest absolute Gasteiger partial charge is 0.475 e. The number of carbonyl (C=O) groups is 1. The lowest BCUT2D eigenvalue weighted by Crippen LogP contribution is -2.13. The number of pyridine rings is 1. The van der Waals surface area contributed by atoms with Crippen LogP contribution in [0.5, 0.6) is 5.88 Å². The van der Waals surface area contributed by atoms with Gasteiger partial charge in [0.15, 0.2) is 11.5 Å². The molecule has 0 aliphatic heterocycles. The lowest BCUT2D eigenvalue weighted by Gasteiger charge is -2.09. The van der Waals surface area contributed by atoms with Gasteiger partial charge in [-0.3, -0.25) is 14.9 Å². The molecule has 5 rings (SSSR count). The van der Waals surface area contributed by atoms with Gasteiger partial charge in [-0.2, -0.15) is 5.10 Å². The van der Waals surface area contributed by atoms with Gasteiger partial charge in [-0.15, -0.1) is 0 Å². The van der Waals surface area contributed by atoms with Crippen LogP contribution in [0, 0.1) is 10.1 Å². The number of ether oxygens (including phenoxy) is 2. The van der Waals surface area contributed by atoms with Crippen molar-refractivity contribution in [2.24, 2.45) is 0 Å². The van der Waals surface area contributed by atoms with E-state index in [1.54, 1.807) is 54.4 Å². The third-order valence-corrected chi connectivity index (χ3v) is 6.55. The van der Waals surface area contributed by atoms with E-state index in [-0.39, 0.29) is 21.5 Å². The lowest BCUT2D eigenvalue weighted by atomic mass is 10.2. The average molecular weight is 552 g/mol. The van der Waals surface area contributed by atoms with Crippen LogP contribution in [0.2, 0.25) is 5.02 Å². The Kier molecular flexibility index (Phi) is 7.22. The molecular weight excluding hydrogens is 534 g/mol. The number of anilines is 1. The summed E-state index contributed by atoms with van der Waals surface area (Å²) in [6.07, 6.45) is 3.09. The molecule has 38 heavy (non-hydrogen) atoms. The first-order valence-electron chi connectivity index (χ1n) is 11.1. The molecule has 0 unspecified atom stereocenters. The van der Waals surface area contributed by atoms with Crippen LogP contribution in [0.3, 0.4) is 0 Å². The summed E-state index contributed by atoms with van der Waals surface area (Å²) in [5.74, 6) is 0.322. The van der Waals surface area contributed by atoms with Crippen molar-refractivity contribution in [2.75, 3.05) is 25.6 Å². The van der Waals surface area contributed by atoms with E-state index in [9.17, 15) is 14.9 Å². The molecule has 0 aliphatic carbocycles. The Hall–Kier alpha value is -4.46. The Morgan fingerprint density at radius 1 is 1.11 bits per heavy atom. The molecule has 5 aromatic rings. The van der Waals surface area contributed by atoms with Gasteiger partial charge in [-0.05, 0) is 36.4 Å². The number of aromatic nitrogens is 5. The number of methoxy groups -OCH3 is 1. The minimum atomic E-state index is -0.548. The summed E-state index contributed by atoms with van der Waals surface area (Å²) < 4.78 is 12.1. The molecule has 0 saturated heterocycles. The van der Waals surface area contributed by atoms with Crippen LogP contribution in [-0.4, -0.2) is 55.9 Å². The fourth-order valence-corrected chi connectivity index (χ4v) is 4.29. The van der Waals surface area contributed by atoms with Gasteiger partial charge in [0.1, 0.15) is 12.4 Å². The van der Waals surface area contributed by atoms with Gasteiger partial charge < -0.3 is 14.8 Å². The fraction of sp³-hybridized carbons (Fsp3) is 0.125. The molecule has 0 atom stereocenters. The van der Waals surface area contributed by atoms with Crippen molar-refractivity contribution in [3.05, 3.63) is 80.9 Å². The van der Waals surface area contributed by atoms with Gasteiger partial charge >= 0.3 is 5.00 Å². The molecule has 192 valence electrons. The highest BCUT2D eigenvalue weighted by Crippen LogP contribution is 2.29. The Morgan fingerprint density at radius 3 is 2.61 bits per heavy atom. The van der Waals surface area contributed by atoms with Crippen LogP contribution in [0.25, 0.3) is 28.1 Å². The molecule has 0 spiro atoms. The maximum Gasteiger partial charge on any atom is 0.324 e. The quantitative estimate of drug-likeness (QED) is 0.155. The first-order chi connectivity index (χ1) is 18.4. The van der Waals surface area contributed by atoms with Crippen LogP contribution < -0.4 is 10.1 Å². The third-order valence-electron chi connectivity index (χ3n) is 5.26. The van der Waals surface area contributed by atoms with E-state index in [1.807, 2.05) is 0 Å². The minimum absolute atomic E-state index is 0.141. The van der Waals surface area contributed by atoms with Crippen molar-refractivity contribution in [1.29, 1.82) is 0 Å². The van der Waals surface area contributed by atoms with E-state index in [4.69, 9.17) is 26.1 Å². The van der Waals surface area contributed by atoms with Gasteiger partial charge in [0.2, 0.25) is 5.88 Å². The minimum Gasteiger partial charge on any atom is -0.475 e. The smallest absolute Gasteiger partial charge is 0.324 e. The summed E-state index contributed by atoms with van der Waals surface area (Å²) in [7, 11) is 1.58. The summed E-state index contributed by atoms with van der Waals surface area (Å²) in [4.78, 5) is 37.2. The number of thiophene rings is 1. The molecule has 1 N–H and O–H groups in total. The summed E-state index contributed by atoms with van der Waals surface area (Å²) in [5, 5.41) is 19.1. The van der Waals surface area contributed by atoms with Crippen LogP contribution in [0.15, 0.2) is 60.9 Å². The molecule has 0 bridgehead atoms.